The van der Waals surface area contributed by atoms with Crippen molar-refractivity contribution >= 4 is 11.8 Å². The molecule has 0 saturated heterocycles. The number of phenolic OH excluding ortho intramolecular Hbond substituents is 1. The van der Waals surface area contributed by atoms with E-state index in [-0.39, 0.29) is 23.5 Å². The minimum absolute atomic E-state index is 0.109. The highest BCUT2D eigenvalue weighted by atomic mass is 16.3. The molecule has 1 unspecified atom stereocenters. The van der Waals surface area contributed by atoms with Crippen LogP contribution in [0.3, 0.4) is 0 Å². The molecular formula is C15H23N3O3. The largest absolute Gasteiger partial charge is 0.508 e. The van der Waals surface area contributed by atoms with E-state index in [0.29, 0.717) is 13.0 Å². The van der Waals surface area contributed by atoms with E-state index in [0.717, 1.165) is 5.56 Å². The fourth-order valence-electron chi connectivity index (χ4n) is 2.09. The predicted octanol–water partition coefficient (Wildman–Crippen LogP) is 0.103. The Hall–Kier alpha value is -2.08. The van der Waals surface area contributed by atoms with Crippen molar-refractivity contribution in [3.05, 3.63) is 29.8 Å². The monoisotopic (exact) mass is 293 g/mol. The Morgan fingerprint density at radius 3 is 2.43 bits per heavy atom. The number of amides is 2. The summed E-state index contributed by atoms with van der Waals surface area (Å²) in [6.45, 7) is 2.08. The van der Waals surface area contributed by atoms with Gasteiger partial charge in [0.1, 0.15) is 5.75 Å². The molecule has 1 aromatic rings. The zero-order valence-electron chi connectivity index (χ0n) is 12.7. The number of rotatable bonds is 6. The maximum Gasteiger partial charge on any atom is 0.239 e. The van der Waals surface area contributed by atoms with E-state index in [1.54, 1.807) is 45.3 Å². The molecule has 21 heavy (non-hydrogen) atoms. The summed E-state index contributed by atoms with van der Waals surface area (Å²) in [6.07, 6.45) is 0.387. The van der Waals surface area contributed by atoms with E-state index in [9.17, 15) is 14.7 Å². The molecule has 1 aromatic carbocycles. The van der Waals surface area contributed by atoms with Crippen molar-refractivity contribution in [2.24, 2.45) is 11.7 Å². The molecular weight excluding hydrogens is 270 g/mol. The topological polar surface area (TPSA) is 95.7 Å². The van der Waals surface area contributed by atoms with Crippen molar-refractivity contribution in [1.29, 1.82) is 0 Å². The minimum atomic E-state index is -0.670. The molecule has 0 aliphatic heterocycles. The third-order valence-corrected chi connectivity index (χ3v) is 3.33. The number of nitrogens with two attached hydrogens (primary N) is 1. The molecule has 0 aliphatic rings. The lowest BCUT2D eigenvalue weighted by atomic mass is 10.0. The van der Waals surface area contributed by atoms with E-state index < -0.39 is 6.04 Å². The van der Waals surface area contributed by atoms with Crippen LogP contribution in [0.4, 0.5) is 0 Å². The van der Waals surface area contributed by atoms with Gasteiger partial charge in [-0.15, -0.1) is 0 Å². The van der Waals surface area contributed by atoms with Crippen molar-refractivity contribution in [1.82, 2.24) is 10.2 Å². The van der Waals surface area contributed by atoms with Crippen molar-refractivity contribution in [3.63, 3.8) is 0 Å². The zero-order valence-corrected chi connectivity index (χ0v) is 12.7. The first kappa shape index (κ1) is 17.0. The standard InChI is InChI=1S/C15H23N3O3/c1-10(14(20)17-2)9-18(3)15(21)13(16)8-11-4-6-12(19)7-5-11/h4-7,10,13,19H,8-9,16H2,1-3H3,(H,17,20)/t10?,13-/m1/s1. The number of hydrogen-bond donors (Lipinski definition) is 3. The van der Waals surface area contributed by atoms with Crippen LogP contribution in [0.2, 0.25) is 0 Å². The van der Waals surface area contributed by atoms with Gasteiger partial charge in [-0.25, -0.2) is 0 Å². The Labute approximate surface area is 124 Å². The second-order valence-electron chi connectivity index (χ2n) is 5.21. The van der Waals surface area contributed by atoms with Gasteiger partial charge in [0.15, 0.2) is 0 Å². The van der Waals surface area contributed by atoms with Gasteiger partial charge in [0.2, 0.25) is 11.8 Å². The van der Waals surface area contributed by atoms with Crippen LogP contribution in [-0.2, 0) is 16.0 Å². The highest BCUT2D eigenvalue weighted by Gasteiger charge is 2.22. The van der Waals surface area contributed by atoms with Gasteiger partial charge < -0.3 is 21.1 Å². The lowest BCUT2D eigenvalue weighted by Crippen LogP contribution is -2.46. The number of carbonyl (C=O) groups excluding carboxylic acids is 2. The Morgan fingerprint density at radius 1 is 1.33 bits per heavy atom. The molecule has 0 fully saturated rings. The molecule has 0 saturated carbocycles. The quantitative estimate of drug-likeness (QED) is 0.693. The summed E-state index contributed by atoms with van der Waals surface area (Å²) in [7, 11) is 3.20. The average Bonchev–Trinajstić information content (AvgIpc) is 2.47. The van der Waals surface area contributed by atoms with Gasteiger partial charge in [0, 0.05) is 20.6 Å². The number of carbonyl (C=O) groups is 2. The van der Waals surface area contributed by atoms with Crippen LogP contribution in [0.25, 0.3) is 0 Å². The summed E-state index contributed by atoms with van der Waals surface area (Å²) in [6, 6.07) is 5.91. The summed E-state index contributed by atoms with van der Waals surface area (Å²) in [5.74, 6) is -0.430. The SMILES string of the molecule is CNC(=O)C(C)CN(C)C(=O)[C@H](N)Cc1ccc(O)cc1. The number of aromatic hydroxyl groups is 1. The fourth-order valence-corrected chi connectivity index (χ4v) is 2.09. The second-order valence-corrected chi connectivity index (χ2v) is 5.21. The summed E-state index contributed by atoms with van der Waals surface area (Å²) < 4.78 is 0. The number of hydrogen-bond acceptors (Lipinski definition) is 4. The Kier molecular flexibility index (Phi) is 6.17. The van der Waals surface area contributed by atoms with Crippen LogP contribution in [0.15, 0.2) is 24.3 Å². The third-order valence-electron chi connectivity index (χ3n) is 3.33. The summed E-state index contributed by atoms with van der Waals surface area (Å²) >= 11 is 0. The maximum absolute atomic E-state index is 12.2. The first-order chi connectivity index (χ1) is 9.85. The van der Waals surface area contributed by atoms with Crippen LogP contribution < -0.4 is 11.1 Å². The van der Waals surface area contributed by atoms with Crippen molar-refractivity contribution in [2.75, 3.05) is 20.6 Å². The van der Waals surface area contributed by atoms with E-state index in [1.807, 2.05) is 0 Å². The molecule has 6 nitrogen and oxygen atoms in total. The molecule has 2 atom stereocenters. The molecule has 0 bridgehead atoms. The summed E-state index contributed by atoms with van der Waals surface area (Å²) in [5.41, 5.74) is 6.79. The molecule has 0 radical (unpaired) electrons. The lowest BCUT2D eigenvalue weighted by molar-refractivity contribution is -0.133. The van der Waals surface area contributed by atoms with E-state index in [2.05, 4.69) is 5.32 Å². The molecule has 2 amide bonds. The van der Waals surface area contributed by atoms with Gasteiger partial charge in [0.05, 0.1) is 12.0 Å². The third kappa shape index (κ3) is 5.07. The van der Waals surface area contributed by atoms with Crippen LogP contribution in [0.5, 0.6) is 5.75 Å². The fraction of sp³-hybridized carbons (Fsp3) is 0.467. The van der Waals surface area contributed by atoms with Crippen molar-refractivity contribution < 1.29 is 14.7 Å². The van der Waals surface area contributed by atoms with Gasteiger partial charge in [0.25, 0.3) is 0 Å². The van der Waals surface area contributed by atoms with E-state index in [4.69, 9.17) is 5.73 Å². The van der Waals surface area contributed by atoms with Crippen molar-refractivity contribution in [3.8, 4) is 5.75 Å². The number of benzene rings is 1. The molecule has 0 heterocycles. The van der Waals surface area contributed by atoms with Gasteiger partial charge in [-0.3, -0.25) is 9.59 Å². The molecule has 116 valence electrons. The van der Waals surface area contributed by atoms with Crippen LogP contribution >= 0.6 is 0 Å². The van der Waals surface area contributed by atoms with Gasteiger partial charge in [-0.05, 0) is 24.1 Å². The highest BCUT2D eigenvalue weighted by Crippen LogP contribution is 2.11. The predicted molar refractivity (Wildman–Crippen MR) is 80.7 cm³/mol. The van der Waals surface area contributed by atoms with Crippen LogP contribution in [-0.4, -0.2) is 48.5 Å². The highest BCUT2D eigenvalue weighted by molar-refractivity contribution is 5.83. The average molecular weight is 293 g/mol. The number of phenols is 1. The maximum atomic E-state index is 12.2. The molecule has 1 rings (SSSR count). The van der Waals surface area contributed by atoms with Crippen LogP contribution in [0, 0.1) is 5.92 Å². The van der Waals surface area contributed by atoms with Crippen molar-refractivity contribution in [2.45, 2.75) is 19.4 Å². The summed E-state index contributed by atoms with van der Waals surface area (Å²) in [5, 5.41) is 11.8. The normalized spacial score (nSPS) is 13.3. The van der Waals surface area contributed by atoms with E-state index >= 15 is 0 Å². The first-order valence-corrected chi connectivity index (χ1v) is 6.85. The number of nitrogens with one attached hydrogen (secondary N) is 1. The first-order valence-electron chi connectivity index (χ1n) is 6.85. The zero-order chi connectivity index (χ0) is 16.0. The Morgan fingerprint density at radius 2 is 1.90 bits per heavy atom. The minimum Gasteiger partial charge on any atom is -0.508 e. The van der Waals surface area contributed by atoms with Gasteiger partial charge in [-0.1, -0.05) is 19.1 Å². The molecule has 0 spiro atoms. The Bertz CT molecular complexity index is 487. The lowest BCUT2D eigenvalue weighted by Gasteiger charge is -2.24. The van der Waals surface area contributed by atoms with Crippen LogP contribution in [0.1, 0.15) is 12.5 Å². The molecule has 0 aliphatic carbocycles. The number of likely N-dealkylation sites (N-methyl/N-ethyl adjacent to an activating group) is 1. The van der Waals surface area contributed by atoms with Gasteiger partial charge in [-0.2, -0.15) is 0 Å². The van der Waals surface area contributed by atoms with E-state index in [1.165, 1.54) is 4.90 Å². The van der Waals surface area contributed by atoms with Gasteiger partial charge >= 0.3 is 0 Å². The Balaban J connectivity index is 2.56. The molecule has 4 N–H and O–H groups in total. The number of nitrogens with zero attached hydrogens (tertiary/aromatic N) is 1. The molecule has 0 aromatic heterocycles. The second kappa shape index (κ2) is 7.64. The summed E-state index contributed by atoms with van der Waals surface area (Å²) in [4.78, 5) is 25.1. The molecule has 6 heteroatoms. The smallest absolute Gasteiger partial charge is 0.239 e.